The van der Waals surface area contributed by atoms with Crippen LogP contribution >= 0.6 is 0 Å². The van der Waals surface area contributed by atoms with Gasteiger partial charge in [-0.05, 0) is 67.5 Å². The normalized spacial score (nSPS) is 16.4. The summed E-state index contributed by atoms with van der Waals surface area (Å²) in [6.45, 7) is 14.4. The van der Waals surface area contributed by atoms with Crippen LogP contribution in [0.3, 0.4) is 0 Å². The fourth-order valence-corrected chi connectivity index (χ4v) is 5.15. The average Bonchev–Trinajstić information content (AvgIpc) is 2.87. The first-order valence-electron chi connectivity index (χ1n) is 15.0. The highest BCUT2D eigenvalue weighted by Gasteiger charge is 2.48. The number of amidine groups is 1. The van der Waals surface area contributed by atoms with Gasteiger partial charge in [-0.1, -0.05) is 64.3 Å². The van der Waals surface area contributed by atoms with Crippen LogP contribution in [0.15, 0.2) is 47.5 Å². The van der Waals surface area contributed by atoms with Gasteiger partial charge in [-0.15, -0.1) is 0 Å². The van der Waals surface area contributed by atoms with E-state index in [0.717, 1.165) is 48.9 Å². The summed E-state index contributed by atoms with van der Waals surface area (Å²) in [7, 11) is 3.98. The molecule has 0 amide bonds. The molecule has 7 nitrogen and oxygen atoms in total. The Morgan fingerprint density at radius 2 is 1.56 bits per heavy atom. The van der Waals surface area contributed by atoms with Gasteiger partial charge in [-0.25, -0.2) is 4.99 Å². The Labute approximate surface area is 246 Å². The van der Waals surface area contributed by atoms with Crippen molar-refractivity contribution in [1.29, 1.82) is 0 Å². The standard InChI is InChI=1S/C34H49N3O4/c1-10-11-12-13-25(5)37(22-27-16-14-26(15-17-27)20-23(2)3)31(30-32(38)40-34(6,7)41-33(30)39)35-29-19-18-28(36(8)9)21-24(29)4/h14-19,21,23,25,30H,10-13,20,22H2,1-9H3. The number of hydrogen-bond acceptors (Lipinski definition) is 6. The Morgan fingerprint density at radius 1 is 0.951 bits per heavy atom. The third-order valence-electron chi connectivity index (χ3n) is 7.43. The molecule has 1 unspecified atom stereocenters. The van der Waals surface area contributed by atoms with E-state index in [4.69, 9.17) is 14.5 Å². The Balaban J connectivity index is 2.12. The van der Waals surface area contributed by atoms with Crippen molar-refractivity contribution in [2.24, 2.45) is 16.8 Å². The minimum atomic E-state index is -1.32. The Kier molecular flexibility index (Phi) is 11.0. The number of unbranched alkanes of at least 4 members (excludes halogenated alkanes) is 2. The van der Waals surface area contributed by atoms with Gasteiger partial charge in [-0.3, -0.25) is 9.59 Å². The van der Waals surface area contributed by atoms with Gasteiger partial charge in [0.1, 0.15) is 5.84 Å². The highest BCUT2D eigenvalue weighted by molar-refractivity contribution is 6.17. The molecule has 1 atom stereocenters. The quantitative estimate of drug-likeness (QED) is 0.0893. The lowest BCUT2D eigenvalue weighted by Gasteiger charge is -2.39. The van der Waals surface area contributed by atoms with Gasteiger partial charge in [0, 0.05) is 46.2 Å². The van der Waals surface area contributed by atoms with E-state index in [1.54, 1.807) is 13.8 Å². The van der Waals surface area contributed by atoms with Crippen molar-refractivity contribution in [2.45, 2.75) is 98.9 Å². The van der Waals surface area contributed by atoms with Crippen molar-refractivity contribution in [3.63, 3.8) is 0 Å². The van der Waals surface area contributed by atoms with E-state index in [0.29, 0.717) is 24.0 Å². The molecule has 1 heterocycles. The molecule has 2 aromatic rings. The van der Waals surface area contributed by atoms with Gasteiger partial charge < -0.3 is 19.3 Å². The molecule has 41 heavy (non-hydrogen) atoms. The molecule has 0 aliphatic carbocycles. The second-order valence-electron chi connectivity index (χ2n) is 12.4. The zero-order valence-electron chi connectivity index (χ0n) is 26.5. The summed E-state index contributed by atoms with van der Waals surface area (Å²) in [5.74, 6) is -2.92. The lowest BCUT2D eigenvalue weighted by Crippen LogP contribution is -2.54. The summed E-state index contributed by atoms with van der Waals surface area (Å²) in [6, 6.07) is 14.6. The molecule has 1 aliphatic heterocycles. The van der Waals surface area contributed by atoms with E-state index < -0.39 is 23.6 Å². The van der Waals surface area contributed by atoms with Gasteiger partial charge in [0.15, 0.2) is 0 Å². The lowest BCUT2D eigenvalue weighted by atomic mass is 9.99. The van der Waals surface area contributed by atoms with Gasteiger partial charge in [-0.2, -0.15) is 0 Å². The minimum Gasteiger partial charge on any atom is -0.422 e. The van der Waals surface area contributed by atoms with E-state index in [9.17, 15) is 9.59 Å². The summed E-state index contributed by atoms with van der Waals surface area (Å²) in [4.78, 5) is 36.1. The zero-order chi connectivity index (χ0) is 30.3. The van der Waals surface area contributed by atoms with Crippen LogP contribution in [-0.2, 0) is 32.0 Å². The van der Waals surface area contributed by atoms with Crippen LogP contribution in [0.1, 0.15) is 83.9 Å². The fourth-order valence-electron chi connectivity index (χ4n) is 5.15. The van der Waals surface area contributed by atoms with Crippen LogP contribution in [-0.4, -0.2) is 48.6 Å². The number of hydrogen-bond donors (Lipinski definition) is 0. The number of ether oxygens (including phenoxy) is 2. The number of rotatable bonds is 12. The van der Waals surface area contributed by atoms with Crippen molar-refractivity contribution in [3.05, 3.63) is 59.2 Å². The third kappa shape index (κ3) is 8.82. The first kappa shape index (κ1) is 32.2. The molecule has 1 saturated heterocycles. The van der Waals surface area contributed by atoms with Crippen molar-refractivity contribution >= 4 is 29.1 Å². The van der Waals surface area contributed by atoms with Gasteiger partial charge in [0.05, 0.1) is 5.69 Å². The molecular weight excluding hydrogens is 514 g/mol. The number of aryl methyl sites for hydroxylation is 1. The molecule has 2 aromatic carbocycles. The van der Waals surface area contributed by atoms with Gasteiger partial charge in [0.2, 0.25) is 5.92 Å². The molecule has 1 aliphatic rings. The molecule has 7 heteroatoms. The molecule has 0 saturated carbocycles. The van der Waals surface area contributed by atoms with E-state index >= 15 is 0 Å². The van der Waals surface area contributed by atoms with Crippen LogP contribution in [0, 0.1) is 18.8 Å². The number of esters is 2. The van der Waals surface area contributed by atoms with Crippen molar-refractivity contribution < 1.29 is 19.1 Å². The molecule has 0 aromatic heterocycles. The van der Waals surface area contributed by atoms with Crippen molar-refractivity contribution in [1.82, 2.24) is 4.90 Å². The first-order chi connectivity index (χ1) is 19.3. The fraction of sp³-hybridized carbons (Fsp3) is 0.559. The monoisotopic (exact) mass is 563 g/mol. The molecular formula is C34H49N3O4. The second kappa shape index (κ2) is 14.0. The number of cyclic esters (lactones) is 2. The smallest absolute Gasteiger partial charge is 0.331 e. The van der Waals surface area contributed by atoms with Crippen LogP contribution in [0.25, 0.3) is 0 Å². The molecule has 3 rings (SSSR count). The predicted molar refractivity (Wildman–Crippen MR) is 166 cm³/mol. The van der Waals surface area contributed by atoms with Crippen LogP contribution in [0.2, 0.25) is 0 Å². The highest BCUT2D eigenvalue weighted by Crippen LogP contribution is 2.31. The van der Waals surface area contributed by atoms with Crippen LogP contribution < -0.4 is 4.90 Å². The summed E-state index contributed by atoms with van der Waals surface area (Å²) in [5.41, 5.74) is 5.08. The summed E-state index contributed by atoms with van der Waals surface area (Å²) >= 11 is 0. The number of aliphatic imine (C=N–C) groups is 1. The molecule has 0 N–H and O–H groups in total. The topological polar surface area (TPSA) is 71.4 Å². The first-order valence-corrected chi connectivity index (χ1v) is 15.0. The van der Waals surface area contributed by atoms with Crippen LogP contribution in [0.4, 0.5) is 11.4 Å². The van der Waals surface area contributed by atoms with Crippen molar-refractivity contribution in [2.75, 3.05) is 19.0 Å². The van der Waals surface area contributed by atoms with E-state index in [1.165, 1.54) is 5.56 Å². The minimum absolute atomic E-state index is 0.0209. The summed E-state index contributed by atoms with van der Waals surface area (Å²) < 4.78 is 11.2. The zero-order valence-corrected chi connectivity index (χ0v) is 26.5. The maximum Gasteiger partial charge on any atom is 0.331 e. The lowest BCUT2D eigenvalue weighted by molar-refractivity contribution is -0.236. The molecule has 0 radical (unpaired) electrons. The van der Waals surface area contributed by atoms with Gasteiger partial charge >= 0.3 is 11.9 Å². The number of nitrogens with zero attached hydrogens (tertiary/aromatic N) is 3. The molecule has 1 fully saturated rings. The maximum absolute atomic E-state index is 13.4. The predicted octanol–water partition coefficient (Wildman–Crippen LogP) is 7.21. The third-order valence-corrected chi connectivity index (χ3v) is 7.43. The molecule has 0 spiro atoms. The van der Waals surface area contributed by atoms with Crippen LogP contribution in [0.5, 0.6) is 0 Å². The SMILES string of the molecule is CCCCCC(C)N(Cc1ccc(CC(C)C)cc1)C(=Nc1ccc(N(C)C)cc1C)C1C(=O)OC(C)(C)OC1=O. The molecule has 0 bridgehead atoms. The van der Waals surface area contributed by atoms with E-state index in [1.807, 2.05) is 38.1 Å². The number of carbonyl (C=O) groups excluding carboxylic acids is 2. The van der Waals surface area contributed by atoms with E-state index in [2.05, 4.69) is 62.9 Å². The second-order valence-corrected chi connectivity index (χ2v) is 12.4. The number of benzene rings is 2. The highest BCUT2D eigenvalue weighted by atomic mass is 16.7. The number of carbonyl (C=O) groups is 2. The Hall–Kier alpha value is -3.35. The van der Waals surface area contributed by atoms with Gasteiger partial charge in [0.25, 0.3) is 5.79 Å². The Morgan fingerprint density at radius 3 is 2.10 bits per heavy atom. The summed E-state index contributed by atoms with van der Waals surface area (Å²) in [5, 5.41) is 0. The van der Waals surface area contributed by atoms with Crippen molar-refractivity contribution in [3.8, 4) is 0 Å². The largest absolute Gasteiger partial charge is 0.422 e. The summed E-state index contributed by atoms with van der Waals surface area (Å²) in [6.07, 6.45) is 5.18. The average molecular weight is 564 g/mol. The van der Waals surface area contributed by atoms with E-state index in [-0.39, 0.29) is 6.04 Å². The maximum atomic E-state index is 13.4. The Bertz CT molecular complexity index is 1200. The molecule has 224 valence electrons. The number of anilines is 1.